The van der Waals surface area contributed by atoms with Crippen LogP contribution in [0.25, 0.3) is 0 Å². The third kappa shape index (κ3) is 2.26. The number of rotatable bonds is 3. The third-order valence-corrected chi connectivity index (χ3v) is 2.36. The van der Waals surface area contributed by atoms with E-state index in [-0.39, 0.29) is 5.92 Å². The molecule has 0 bridgehead atoms. The summed E-state index contributed by atoms with van der Waals surface area (Å²) >= 11 is 0. The van der Waals surface area contributed by atoms with Crippen LogP contribution in [-0.2, 0) is 0 Å². The van der Waals surface area contributed by atoms with Gasteiger partial charge in [0.05, 0.1) is 12.0 Å². The van der Waals surface area contributed by atoms with E-state index in [4.69, 9.17) is 5.26 Å². The Morgan fingerprint density at radius 2 is 2.21 bits per heavy atom. The molecule has 74 valence electrons. The zero-order valence-corrected chi connectivity index (χ0v) is 8.62. The van der Waals surface area contributed by atoms with Crippen molar-refractivity contribution < 1.29 is 5.11 Å². The lowest BCUT2D eigenvalue weighted by Crippen LogP contribution is -1.95. The zero-order chi connectivity index (χ0) is 10.6. The van der Waals surface area contributed by atoms with E-state index in [1.807, 2.05) is 19.1 Å². The van der Waals surface area contributed by atoms with E-state index in [1.165, 1.54) is 0 Å². The van der Waals surface area contributed by atoms with Crippen LogP contribution in [0.5, 0.6) is 5.75 Å². The SMILES string of the molecule is CCCC(C#N)c1ccc(O)c(C)c1. The molecule has 0 radical (unpaired) electrons. The largest absolute Gasteiger partial charge is 0.508 e. The summed E-state index contributed by atoms with van der Waals surface area (Å²) in [6, 6.07) is 7.65. The molecular weight excluding hydrogens is 174 g/mol. The smallest absolute Gasteiger partial charge is 0.118 e. The van der Waals surface area contributed by atoms with Crippen LogP contribution >= 0.6 is 0 Å². The van der Waals surface area contributed by atoms with Gasteiger partial charge in [0.15, 0.2) is 0 Å². The summed E-state index contributed by atoms with van der Waals surface area (Å²) in [5, 5.41) is 18.3. The van der Waals surface area contributed by atoms with Crippen LogP contribution < -0.4 is 0 Å². The van der Waals surface area contributed by atoms with E-state index in [0.717, 1.165) is 24.0 Å². The summed E-state index contributed by atoms with van der Waals surface area (Å²) < 4.78 is 0. The molecule has 0 aliphatic carbocycles. The maximum absolute atomic E-state index is 9.35. The van der Waals surface area contributed by atoms with Gasteiger partial charge in [0.1, 0.15) is 5.75 Å². The monoisotopic (exact) mass is 189 g/mol. The van der Waals surface area contributed by atoms with Crippen molar-refractivity contribution in [1.29, 1.82) is 5.26 Å². The molecule has 1 unspecified atom stereocenters. The fraction of sp³-hybridized carbons (Fsp3) is 0.417. The minimum Gasteiger partial charge on any atom is -0.508 e. The molecule has 0 aromatic heterocycles. The number of aryl methyl sites for hydroxylation is 1. The molecule has 1 atom stereocenters. The molecule has 0 saturated carbocycles. The van der Waals surface area contributed by atoms with Gasteiger partial charge in [-0.25, -0.2) is 0 Å². The highest BCUT2D eigenvalue weighted by molar-refractivity contribution is 5.38. The minimum absolute atomic E-state index is 0.0423. The molecular formula is C12H15NO. The van der Waals surface area contributed by atoms with Crippen LogP contribution in [0.3, 0.4) is 0 Å². The highest BCUT2D eigenvalue weighted by Gasteiger charge is 2.10. The lowest BCUT2D eigenvalue weighted by Gasteiger charge is -2.09. The van der Waals surface area contributed by atoms with Crippen molar-refractivity contribution in [2.75, 3.05) is 0 Å². The second-order valence-corrected chi connectivity index (χ2v) is 3.52. The Morgan fingerprint density at radius 1 is 1.50 bits per heavy atom. The first-order chi connectivity index (χ1) is 6.69. The maximum atomic E-state index is 9.35. The number of nitrogens with zero attached hydrogens (tertiary/aromatic N) is 1. The summed E-state index contributed by atoms with van der Waals surface area (Å²) in [4.78, 5) is 0. The lowest BCUT2D eigenvalue weighted by molar-refractivity contribution is 0.470. The average Bonchev–Trinajstić information content (AvgIpc) is 2.19. The van der Waals surface area contributed by atoms with Crippen molar-refractivity contribution in [2.24, 2.45) is 0 Å². The zero-order valence-electron chi connectivity index (χ0n) is 8.62. The van der Waals surface area contributed by atoms with Gasteiger partial charge in [-0.15, -0.1) is 0 Å². The number of aromatic hydroxyl groups is 1. The summed E-state index contributed by atoms with van der Waals surface area (Å²) in [5.74, 6) is 0.251. The number of hydrogen-bond acceptors (Lipinski definition) is 2. The first-order valence-corrected chi connectivity index (χ1v) is 4.88. The minimum atomic E-state index is -0.0423. The van der Waals surface area contributed by atoms with E-state index in [0.29, 0.717) is 5.75 Å². The number of nitriles is 1. The molecule has 0 amide bonds. The first kappa shape index (κ1) is 10.6. The Morgan fingerprint density at radius 3 is 2.71 bits per heavy atom. The highest BCUT2D eigenvalue weighted by Crippen LogP contribution is 2.25. The van der Waals surface area contributed by atoms with Gasteiger partial charge in [0, 0.05) is 0 Å². The van der Waals surface area contributed by atoms with Crippen LogP contribution in [0, 0.1) is 18.3 Å². The van der Waals surface area contributed by atoms with Crippen LogP contribution in [0.4, 0.5) is 0 Å². The summed E-state index contributed by atoms with van der Waals surface area (Å²) in [6.45, 7) is 3.91. The summed E-state index contributed by atoms with van der Waals surface area (Å²) in [6.07, 6.45) is 1.87. The molecule has 1 aromatic rings. The van der Waals surface area contributed by atoms with Crippen LogP contribution in [-0.4, -0.2) is 5.11 Å². The summed E-state index contributed by atoms with van der Waals surface area (Å²) in [7, 11) is 0. The molecule has 1 aromatic carbocycles. The van der Waals surface area contributed by atoms with Gasteiger partial charge >= 0.3 is 0 Å². The molecule has 1 N–H and O–H groups in total. The lowest BCUT2D eigenvalue weighted by atomic mass is 9.94. The predicted molar refractivity (Wildman–Crippen MR) is 56.1 cm³/mol. The standard InChI is InChI=1S/C12H15NO/c1-3-4-11(8-13)10-5-6-12(14)9(2)7-10/h5-7,11,14H,3-4H2,1-2H3. The van der Waals surface area contributed by atoms with Gasteiger partial charge in [-0.2, -0.15) is 5.26 Å². The highest BCUT2D eigenvalue weighted by atomic mass is 16.3. The number of benzene rings is 1. The molecule has 0 fully saturated rings. The molecule has 1 rings (SSSR count). The summed E-state index contributed by atoms with van der Waals surface area (Å²) in [5.41, 5.74) is 1.84. The Labute approximate surface area is 84.8 Å². The normalized spacial score (nSPS) is 12.1. The van der Waals surface area contributed by atoms with Gasteiger partial charge in [-0.1, -0.05) is 25.5 Å². The van der Waals surface area contributed by atoms with E-state index < -0.39 is 0 Å². The molecule has 0 aliphatic heterocycles. The van der Waals surface area contributed by atoms with Crippen molar-refractivity contribution in [3.8, 4) is 11.8 Å². The van der Waals surface area contributed by atoms with Crippen LogP contribution in [0.15, 0.2) is 18.2 Å². The quantitative estimate of drug-likeness (QED) is 0.794. The van der Waals surface area contributed by atoms with Gasteiger partial charge < -0.3 is 5.11 Å². The average molecular weight is 189 g/mol. The van der Waals surface area contributed by atoms with Crippen LogP contribution in [0.2, 0.25) is 0 Å². The van der Waals surface area contributed by atoms with Crippen molar-refractivity contribution in [1.82, 2.24) is 0 Å². The van der Waals surface area contributed by atoms with Crippen LogP contribution in [0.1, 0.15) is 36.8 Å². The second-order valence-electron chi connectivity index (χ2n) is 3.52. The molecule has 2 nitrogen and oxygen atoms in total. The Bertz CT molecular complexity index is 352. The molecule has 0 aliphatic rings. The second kappa shape index (κ2) is 4.66. The Balaban J connectivity index is 2.95. The number of hydrogen-bond donors (Lipinski definition) is 1. The fourth-order valence-electron chi connectivity index (χ4n) is 1.49. The Hall–Kier alpha value is -1.49. The Kier molecular flexibility index (Phi) is 3.53. The van der Waals surface area contributed by atoms with E-state index in [2.05, 4.69) is 13.0 Å². The van der Waals surface area contributed by atoms with Crippen molar-refractivity contribution in [2.45, 2.75) is 32.6 Å². The predicted octanol–water partition coefficient (Wildman–Crippen LogP) is 3.11. The van der Waals surface area contributed by atoms with Crippen molar-refractivity contribution in [3.05, 3.63) is 29.3 Å². The molecule has 2 heteroatoms. The fourth-order valence-corrected chi connectivity index (χ4v) is 1.49. The topological polar surface area (TPSA) is 44.0 Å². The number of phenolic OH excluding ortho intramolecular Hbond substituents is 1. The molecule has 0 heterocycles. The third-order valence-electron chi connectivity index (χ3n) is 2.36. The first-order valence-electron chi connectivity index (χ1n) is 4.88. The van der Waals surface area contributed by atoms with Crippen molar-refractivity contribution >= 4 is 0 Å². The molecule has 0 spiro atoms. The van der Waals surface area contributed by atoms with E-state index >= 15 is 0 Å². The van der Waals surface area contributed by atoms with Crippen molar-refractivity contribution in [3.63, 3.8) is 0 Å². The molecule has 0 saturated heterocycles. The van der Waals surface area contributed by atoms with Gasteiger partial charge in [0.2, 0.25) is 0 Å². The van der Waals surface area contributed by atoms with E-state index in [9.17, 15) is 5.11 Å². The van der Waals surface area contributed by atoms with E-state index in [1.54, 1.807) is 6.07 Å². The van der Waals surface area contributed by atoms with Gasteiger partial charge in [-0.3, -0.25) is 0 Å². The molecule has 14 heavy (non-hydrogen) atoms. The van der Waals surface area contributed by atoms with Gasteiger partial charge in [-0.05, 0) is 30.5 Å². The number of phenols is 1. The maximum Gasteiger partial charge on any atom is 0.118 e. The van der Waals surface area contributed by atoms with Gasteiger partial charge in [0.25, 0.3) is 0 Å².